The highest BCUT2D eigenvalue weighted by atomic mass is 127. The summed E-state index contributed by atoms with van der Waals surface area (Å²) in [7, 11) is 0. The van der Waals surface area contributed by atoms with Gasteiger partial charge in [0.05, 0.1) is 27.3 Å². The molecule has 1 N–H and O–H groups in total. The highest BCUT2D eigenvalue weighted by Gasteiger charge is 2.25. The molecule has 21 heavy (non-hydrogen) atoms. The van der Waals surface area contributed by atoms with Crippen molar-refractivity contribution in [2.75, 3.05) is 0 Å². The number of fused-ring (bicyclic) bond motifs is 1. The second kappa shape index (κ2) is 5.43. The average molecular weight is 398 g/mol. The summed E-state index contributed by atoms with van der Waals surface area (Å²) in [5, 5.41) is 15.5. The quantitative estimate of drug-likeness (QED) is 0.803. The molecular weight excluding hydrogens is 379 g/mol. The molecule has 1 aromatic heterocycles. The molecular formula is C16H19IN2O2. The SMILES string of the molecule is O[C@H]1CC[C@H](n2cc3cc(I)c(OC4CC4)cc3n2)CC1. The Balaban J connectivity index is 1.62. The van der Waals surface area contributed by atoms with Crippen LogP contribution in [0.1, 0.15) is 44.6 Å². The van der Waals surface area contributed by atoms with Gasteiger partial charge in [0.2, 0.25) is 0 Å². The Morgan fingerprint density at radius 2 is 1.90 bits per heavy atom. The number of aromatic nitrogens is 2. The zero-order valence-corrected chi connectivity index (χ0v) is 14.0. The van der Waals surface area contributed by atoms with Crippen molar-refractivity contribution in [1.82, 2.24) is 9.78 Å². The molecule has 112 valence electrons. The van der Waals surface area contributed by atoms with E-state index in [4.69, 9.17) is 9.84 Å². The highest BCUT2D eigenvalue weighted by molar-refractivity contribution is 14.1. The van der Waals surface area contributed by atoms with Gasteiger partial charge >= 0.3 is 0 Å². The molecule has 1 aromatic carbocycles. The number of aliphatic hydroxyl groups excluding tert-OH is 1. The molecule has 2 aliphatic carbocycles. The third-order valence-corrected chi connectivity index (χ3v) is 5.28. The van der Waals surface area contributed by atoms with E-state index in [0.717, 1.165) is 40.5 Å². The van der Waals surface area contributed by atoms with Crippen LogP contribution in [0.2, 0.25) is 0 Å². The molecule has 2 aliphatic rings. The van der Waals surface area contributed by atoms with Crippen LogP contribution < -0.4 is 4.74 Å². The lowest BCUT2D eigenvalue weighted by Gasteiger charge is -2.25. The Kier molecular flexibility index (Phi) is 3.57. The summed E-state index contributed by atoms with van der Waals surface area (Å²) in [6.45, 7) is 0. The smallest absolute Gasteiger partial charge is 0.135 e. The van der Waals surface area contributed by atoms with E-state index in [1.807, 2.05) is 0 Å². The van der Waals surface area contributed by atoms with Gasteiger partial charge in [-0.15, -0.1) is 0 Å². The first kappa shape index (κ1) is 13.8. The lowest BCUT2D eigenvalue weighted by atomic mass is 9.93. The minimum absolute atomic E-state index is 0.120. The van der Waals surface area contributed by atoms with Gasteiger partial charge in [-0.1, -0.05) is 0 Å². The van der Waals surface area contributed by atoms with Crippen molar-refractivity contribution in [3.63, 3.8) is 0 Å². The van der Waals surface area contributed by atoms with E-state index < -0.39 is 0 Å². The Morgan fingerprint density at radius 3 is 2.62 bits per heavy atom. The van der Waals surface area contributed by atoms with Gasteiger partial charge in [0.25, 0.3) is 0 Å². The molecule has 0 spiro atoms. The molecule has 0 atom stereocenters. The van der Waals surface area contributed by atoms with Crippen molar-refractivity contribution in [3.8, 4) is 5.75 Å². The van der Waals surface area contributed by atoms with E-state index in [1.165, 1.54) is 18.2 Å². The second-order valence-electron chi connectivity index (χ2n) is 6.23. The highest BCUT2D eigenvalue weighted by Crippen LogP contribution is 2.34. The largest absolute Gasteiger partial charge is 0.489 e. The number of aliphatic hydroxyl groups is 1. The molecule has 2 aromatic rings. The molecule has 2 saturated carbocycles. The summed E-state index contributed by atoms with van der Waals surface area (Å²) in [6, 6.07) is 4.66. The normalized spacial score (nSPS) is 26.2. The lowest BCUT2D eigenvalue weighted by molar-refractivity contribution is 0.108. The van der Waals surface area contributed by atoms with Crippen LogP contribution >= 0.6 is 22.6 Å². The van der Waals surface area contributed by atoms with Crippen LogP contribution in [0, 0.1) is 3.57 Å². The summed E-state index contributed by atoms with van der Waals surface area (Å²) in [5.41, 5.74) is 1.01. The maximum absolute atomic E-state index is 9.63. The van der Waals surface area contributed by atoms with Crippen LogP contribution in [-0.4, -0.2) is 27.1 Å². The van der Waals surface area contributed by atoms with Crippen LogP contribution in [0.5, 0.6) is 5.75 Å². The molecule has 4 nitrogen and oxygen atoms in total. The van der Waals surface area contributed by atoms with Gasteiger partial charge in [0.15, 0.2) is 0 Å². The Bertz CT molecular complexity index is 658. The minimum Gasteiger partial charge on any atom is -0.489 e. The molecule has 2 fully saturated rings. The van der Waals surface area contributed by atoms with Crippen molar-refractivity contribution in [1.29, 1.82) is 0 Å². The summed E-state index contributed by atoms with van der Waals surface area (Å²) in [4.78, 5) is 0. The first-order valence-electron chi connectivity index (χ1n) is 7.72. The molecule has 5 heteroatoms. The predicted octanol–water partition coefficient (Wildman–Crippen LogP) is 3.66. The molecule has 0 saturated heterocycles. The fourth-order valence-electron chi connectivity index (χ4n) is 3.01. The first-order chi connectivity index (χ1) is 10.2. The monoisotopic (exact) mass is 398 g/mol. The minimum atomic E-state index is -0.120. The Hall–Kier alpha value is -0.820. The van der Waals surface area contributed by atoms with Crippen molar-refractivity contribution in [3.05, 3.63) is 21.9 Å². The van der Waals surface area contributed by atoms with Gasteiger partial charge < -0.3 is 9.84 Å². The van der Waals surface area contributed by atoms with Gasteiger partial charge in [-0.05, 0) is 67.2 Å². The van der Waals surface area contributed by atoms with E-state index in [1.54, 1.807) is 0 Å². The number of halogens is 1. The fraction of sp³-hybridized carbons (Fsp3) is 0.562. The van der Waals surface area contributed by atoms with E-state index >= 15 is 0 Å². The molecule has 0 aliphatic heterocycles. The van der Waals surface area contributed by atoms with Gasteiger partial charge in [0.1, 0.15) is 5.75 Å². The maximum atomic E-state index is 9.63. The van der Waals surface area contributed by atoms with Crippen LogP contribution in [-0.2, 0) is 0 Å². The Labute approximate surface area is 137 Å². The van der Waals surface area contributed by atoms with Crippen LogP contribution in [0.3, 0.4) is 0 Å². The topological polar surface area (TPSA) is 47.3 Å². The standard InChI is InChI=1S/C16H19IN2O2/c17-14-7-10-9-19(11-1-3-12(20)4-2-11)18-15(10)8-16(14)21-13-5-6-13/h7-9,11-13,20H,1-6H2/t11-,12-. The van der Waals surface area contributed by atoms with Crippen molar-refractivity contribution >= 4 is 33.5 Å². The van der Waals surface area contributed by atoms with E-state index in [0.29, 0.717) is 12.1 Å². The van der Waals surface area contributed by atoms with Crippen molar-refractivity contribution in [2.24, 2.45) is 0 Å². The number of hydrogen-bond acceptors (Lipinski definition) is 3. The van der Waals surface area contributed by atoms with Crippen LogP contribution in [0.4, 0.5) is 0 Å². The number of hydrogen-bond donors (Lipinski definition) is 1. The van der Waals surface area contributed by atoms with E-state index in [2.05, 4.69) is 45.6 Å². The fourth-order valence-corrected chi connectivity index (χ4v) is 3.63. The molecule has 0 unspecified atom stereocenters. The second-order valence-corrected chi connectivity index (χ2v) is 7.39. The molecule has 0 amide bonds. The van der Waals surface area contributed by atoms with Crippen molar-refractivity contribution < 1.29 is 9.84 Å². The van der Waals surface area contributed by atoms with Gasteiger partial charge in [-0.2, -0.15) is 5.10 Å². The predicted molar refractivity (Wildman–Crippen MR) is 89.6 cm³/mol. The summed E-state index contributed by atoms with van der Waals surface area (Å²) >= 11 is 2.34. The lowest BCUT2D eigenvalue weighted by Crippen LogP contribution is -2.21. The number of nitrogens with zero attached hydrogens (tertiary/aromatic N) is 2. The van der Waals surface area contributed by atoms with Crippen LogP contribution in [0.25, 0.3) is 10.9 Å². The summed E-state index contributed by atoms with van der Waals surface area (Å²) in [5.74, 6) is 0.968. The summed E-state index contributed by atoms with van der Waals surface area (Å²) < 4.78 is 9.19. The average Bonchev–Trinajstić information content (AvgIpc) is 3.19. The van der Waals surface area contributed by atoms with E-state index in [9.17, 15) is 5.11 Å². The van der Waals surface area contributed by atoms with Gasteiger partial charge in [0, 0.05) is 17.6 Å². The number of benzene rings is 1. The number of rotatable bonds is 3. The summed E-state index contributed by atoms with van der Waals surface area (Å²) in [6.07, 6.45) is 8.57. The zero-order chi connectivity index (χ0) is 14.4. The molecule has 0 bridgehead atoms. The van der Waals surface area contributed by atoms with Gasteiger partial charge in [-0.3, -0.25) is 4.68 Å². The molecule has 0 radical (unpaired) electrons. The zero-order valence-electron chi connectivity index (χ0n) is 11.8. The van der Waals surface area contributed by atoms with Gasteiger partial charge in [-0.25, -0.2) is 0 Å². The van der Waals surface area contributed by atoms with E-state index in [-0.39, 0.29) is 6.10 Å². The third-order valence-electron chi connectivity index (χ3n) is 4.43. The number of ether oxygens (including phenoxy) is 1. The molecule has 1 heterocycles. The third kappa shape index (κ3) is 2.90. The first-order valence-corrected chi connectivity index (χ1v) is 8.80. The van der Waals surface area contributed by atoms with Crippen molar-refractivity contribution in [2.45, 2.75) is 56.8 Å². The maximum Gasteiger partial charge on any atom is 0.135 e. The van der Waals surface area contributed by atoms with Crippen LogP contribution in [0.15, 0.2) is 18.3 Å². The molecule has 4 rings (SSSR count). The Morgan fingerprint density at radius 1 is 1.14 bits per heavy atom.